The lowest BCUT2D eigenvalue weighted by Crippen LogP contribution is -2.53. The van der Waals surface area contributed by atoms with Crippen molar-refractivity contribution in [3.05, 3.63) is 135 Å². The van der Waals surface area contributed by atoms with E-state index in [2.05, 4.69) is 16.0 Å². The zero-order chi connectivity index (χ0) is 58.6. The molecule has 3 aromatic carbocycles. The average Bonchev–Trinajstić information content (AvgIpc) is 4.17. The number of pyridine rings is 2. The first kappa shape index (κ1) is 59.7. The van der Waals surface area contributed by atoms with Gasteiger partial charge in [-0.25, -0.2) is 19.4 Å². The molecule has 428 valence electrons. The quantitative estimate of drug-likeness (QED) is 0.0254. The summed E-state index contributed by atoms with van der Waals surface area (Å²) >= 11 is 0. The first-order valence-corrected chi connectivity index (χ1v) is 26.2. The predicted octanol–water partition coefficient (Wildman–Crippen LogP) is 6.11. The van der Waals surface area contributed by atoms with Crippen LogP contribution in [-0.2, 0) is 86.0 Å². The second-order valence-electron chi connectivity index (χ2n) is 19.3. The van der Waals surface area contributed by atoms with Crippen molar-refractivity contribution in [1.29, 1.82) is 0 Å². The molecule has 0 unspecified atom stereocenters. The molecule has 21 nitrogen and oxygen atoms in total. The number of hydrogen-bond donors (Lipinski definition) is 6. The van der Waals surface area contributed by atoms with Crippen molar-refractivity contribution >= 4 is 64.2 Å². The summed E-state index contributed by atoms with van der Waals surface area (Å²) in [5.74, 6) is -5.66. The number of nitrogens with zero attached hydrogens (tertiary/aromatic N) is 3. The van der Waals surface area contributed by atoms with Crippen LogP contribution in [-0.4, -0.2) is 104 Å². The fourth-order valence-electron chi connectivity index (χ4n) is 9.68. The molecule has 3 atom stereocenters. The Balaban J connectivity index is 0.00000127. The third-order valence-corrected chi connectivity index (χ3v) is 13.9. The van der Waals surface area contributed by atoms with E-state index in [1.54, 1.807) is 60.0 Å². The van der Waals surface area contributed by atoms with E-state index in [4.69, 9.17) is 34.8 Å². The first-order valence-electron chi connectivity index (χ1n) is 26.2. The number of carbonyl (C=O) groups is 8. The molecule has 5 amide bonds. The number of nitrogens with two attached hydrogens (primary N) is 1. The van der Waals surface area contributed by atoms with E-state index in [0.717, 1.165) is 27.0 Å². The summed E-state index contributed by atoms with van der Waals surface area (Å²) in [7, 11) is 0. The number of aliphatic carboxylic acids is 1. The first-order chi connectivity index (χ1) is 38.7. The Kier molecular flexibility index (Phi) is 19.4. The number of carboxylic acid groups (broad SMARTS) is 1. The Morgan fingerprint density at radius 1 is 0.840 bits per heavy atom. The molecule has 3 aliphatic heterocycles. The molecule has 0 radical (unpaired) electrons. The highest BCUT2D eigenvalue weighted by Gasteiger charge is 2.51. The van der Waals surface area contributed by atoms with Crippen LogP contribution in [0.4, 0.5) is 23.7 Å². The number of hydrogen-bond acceptors (Lipinski definition) is 15. The van der Waals surface area contributed by atoms with E-state index < -0.39 is 59.3 Å². The number of rotatable bonds is 22. The van der Waals surface area contributed by atoms with Crippen molar-refractivity contribution in [3.8, 4) is 17.1 Å². The topological polar surface area (TPSA) is 305 Å². The zero-order valence-electron chi connectivity index (χ0n) is 44.3. The van der Waals surface area contributed by atoms with E-state index in [1.165, 1.54) is 12.2 Å². The summed E-state index contributed by atoms with van der Waals surface area (Å²) in [5.41, 5.74) is 8.76. The van der Waals surface area contributed by atoms with Crippen LogP contribution in [0, 0.1) is 0 Å². The second kappa shape index (κ2) is 26.4. The van der Waals surface area contributed by atoms with Gasteiger partial charge >= 0.3 is 24.3 Å². The lowest BCUT2D eigenvalue weighted by Gasteiger charge is -2.35. The molecule has 5 heterocycles. The number of aromatic nitrogens is 2. The fourth-order valence-corrected chi connectivity index (χ4v) is 9.68. The summed E-state index contributed by atoms with van der Waals surface area (Å²) in [6.45, 7) is 3.87. The molecule has 5 aromatic rings. The number of aryl methyl sites for hydroxylation is 1. The van der Waals surface area contributed by atoms with Crippen LogP contribution in [0.2, 0.25) is 0 Å². The van der Waals surface area contributed by atoms with Gasteiger partial charge in [0.1, 0.15) is 31.0 Å². The van der Waals surface area contributed by atoms with Crippen LogP contribution in [0.15, 0.2) is 95.8 Å². The number of nitrogens with one attached hydrogen (secondary N) is 3. The standard InChI is InChI=1S/C55H59N7O12.C2HF3O2/c1-3-37-38-28-36(63)21-22-42(38)59-49-39(37)30-62-45(49)29-41-40(52(62)69)32-72-53(70)55(41,4-2)74-54(71)73-31-34-17-19-35(20-18-34)57-50(67)43(15-10-11-25-56)60-51(68)44(27-33-13-7-5-8-14-33)58-46(64)16-9-6-12-26-61-47(65)23-24-48(61)66;3-2(4,5)1(6)7/h5,7-8,13-14,17-24,28-29,43-44,63H,3-4,6,9-12,15-16,25-27,30-32,56H2,1-2H3,(H,57,67)(H,58,64)(H,60,68);(H,6,7)/t43-,44-,55-;/m0./s1. The molecule has 7 N–H and O–H groups in total. The van der Waals surface area contributed by atoms with Gasteiger partial charge in [0.2, 0.25) is 23.3 Å². The minimum absolute atomic E-state index is 0.0760. The van der Waals surface area contributed by atoms with Crippen LogP contribution in [0.1, 0.15) is 98.6 Å². The number of carboxylic acids is 1. The molecule has 8 rings (SSSR count). The van der Waals surface area contributed by atoms with Crippen molar-refractivity contribution in [2.45, 2.75) is 122 Å². The smallest absolute Gasteiger partial charge is 0.508 e. The van der Waals surface area contributed by atoms with E-state index in [0.29, 0.717) is 73.2 Å². The van der Waals surface area contributed by atoms with E-state index >= 15 is 0 Å². The molecule has 3 aliphatic rings. The Morgan fingerprint density at radius 3 is 2.20 bits per heavy atom. The van der Waals surface area contributed by atoms with Gasteiger partial charge in [-0.2, -0.15) is 13.2 Å². The number of benzene rings is 3. The highest BCUT2D eigenvalue weighted by molar-refractivity contribution is 6.12. The number of cyclic esters (lactones) is 1. The summed E-state index contributed by atoms with van der Waals surface area (Å²) in [4.78, 5) is 121. The molecule has 0 saturated heterocycles. The molecular formula is C57H60F3N7O14. The number of aromatic hydroxyl groups is 1. The number of imide groups is 1. The number of phenolic OH excluding ortho intramolecular Hbond substituents is 1. The number of carbonyl (C=O) groups excluding carboxylic acids is 7. The largest absolute Gasteiger partial charge is 0.510 e. The van der Waals surface area contributed by atoms with Gasteiger partial charge in [0, 0.05) is 53.7 Å². The highest BCUT2D eigenvalue weighted by atomic mass is 19.4. The Bertz CT molecular complexity index is 3300. The van der Waals surface area contributed by atoms with Crippen molar-refractivity contribution in [2.24, 2.45) is 5.73 Å². The highest BCUT2D eigenvalue weighted by Crippen LogP contribution is 2.42. The molecule has 0 fully saturated rings. The van der Waals surface area contributed by atoms with Crippen LogP contribution >= 0.6 is 0 Å². The molecule has 81 heavy (non-hydrogen) atoms. The van der Waals surface area contributed by atoms with Crippen molar-refractivity contribution in [3.63, 3.8) is 0 Å². The minimum Gasteiger partial charge on any atom is -0.508 e. The summed E-state index contributed by atoms with van der Waals surface area (Å²) in [6, 6.07) is 20.1. The van der Waals surface area contributed by atoms with Gasteiger partial charge < -0.3 is 50.7 Å². The van der Waals surface area contributed by atoms with Crippen LogP contribution < -0.4 is 27.2 Å². The molecule has 0 saturated carbocycles. The van der Waals surface area contributed by atoms with Crippen LogP contribution in [0.25, 0.3) is 22.3 Å². The van der Waals surface area contributed by atoms with Gasteiger partial charge in [-0.05, 0) is 105 Å². The molecule has 0 aliphatic carbocycles. The van der Waals surface area contributed by atoms with Gasteiger partial charge in [0.15, 0.2) is 0 Å². The summed E-state index contributed by atoms with van der Waals surface area (Å²) in [6.07, 6.45) is -0.0670. The van der Waals surface area contributed by atoms with Crippen molar-refractivity contribution in [2.75, 3.05) is 18.4 Å². The number of ether oxygens (including phenoxy) is 3. The number of esters is 1. The third-order valence-electron chi connectivity index (χ3n) is 13.9. The third kappa shape index (κ3) is 14.3. The number of alkyl halides is 3. The van der Waals surface area contributed by atoms with E-state index in [9.17, 15) is 56.6 Å². The normalized spacial score (nSPS) is 15.8. The Labute approximate surface area is 461 Å². The number of phenols is 1. The number of unbranched alkanes of at least 4 members (excludes halogenated alkanes) is 3. The van der Waals surface area contributed by atoms with Crippen molar-refractivity contribution < 1.29 is 76.0 Å². The van der Waals surface area contributed by atoms with Gasteiger partial charge in [-0.1, -0.05) is 62.7 Å². The fraction of sp³-hybridized carbons (Fsp3) is 0.368. The number of amides is 5. The molecule has 24 heteroatoms. The minimum atomic E-state index is -5.08. The number of halogens is 3. The Hall–Kier alpha value is -8.93. The number of fused-ring (bicyclic) bond motifs is 5. The molecule has 2 aromatic heterocycles. The van der Waals surface area contributed by atoms with Crippen LogP contribution in [0.3, 0.4) is 0 Å². The summed E-state index contributed by atoms with van der Waals surface area (Å²) < 4.78 is 50.1. The van der Waals surface area contributed by atoms with E-state index in [1.807, 2.05) is 37.3 Å². The van der Waals surface area contributed by atoms with Gasteiger partial charge in [0.05, 0.1) is 29.0 Å². The maximum absolute atomic E-state index is 14.1. The van der Waals surface area contributed by atoms with Gasteiger partial charge in [-0.3, -0.25) is 33.7 Å². The molecule has 0 bridgehead atoms. The SMILES string of the molecule is CCc1c2c(nc3ccc(O)cc13)-c1cc3c(c(=O)n1C2)COC(=O)[C@@]3(CC)OC(=O)OCc1ccc(NC(=O)[C@H](CCCCN)NC(=O)[C@H](Cc2ccccc2)NC(=O)CCCCCN2C(=O)C=CC2=O)cc1.O=C(O)C(F)(F)F. The predicted molar refractivity (Wildman–Crippen MR) is 285 cm³/mol. The lowest BCUT2D eigenvalue weighted by atomic mass is 9.85. The van der Waals surface area contributed by atoms with E-state index in [-0.39, 0.29) is 86.6 Å². The monoisotopic (exact) mass is 1120 g/mol. The van der Waals surface area contributed by atoms with Gasteiger partial charge in [-0.15, -0.1) is 0 Å². The zero-order valence-corrected chi connectivity index (χ0v) is 44.3. The maximum atomic E-state index is 14.1. The maximum Gasteiger partial charge on any atom is 0.510 e. The number of anilines is 1. The second-order valence-corrected chi connectivity index (χ2v) is 19.3. The summed E-state index contributed by atoms with van der Waals surface area (Å²) in [5, 5.41) is 26.7. The average molecular weight is 1120 g/mol. The Morgan fingerprint density at radius 2 is 1.54 bits per heavy atom. The lowest BCUT2D eigenvalue weighted by molar-refractivity contribution is -0.192. The van der Waals surface area contributed by atoms with Gasteiger partial charge in [0.25, 0.3) is 17.4 Å². The van der Waals surface area contributed by atoms with Crippen LogP contribution in [0.5, 0.6) is 5.75 Å². The molecule has 0 spiro atoms. The van der Waals surface area contributed by atoms with Crippen molar-refractivity contribution in [1.82, 2.24) is 25.1 Å². The molecular weight excluding hydrogens is 1060 g/mol.